The zero-order valence-electron chi connectivity index (χ0n) is 7.20. The van der Waals surface area contributed by atoms with E-state index in [4.69, 9.17) is 4.74 Å². The summed E-state index contributed by atoms with van der Waals surface area (Å²) in [7, 11) is 3.00. The Labute approximate surface area is 107 Å². The third-order valence-electron chi connectivity index (χ3n) is 1.38. The Kier molecular flexibility index (Phi) is 5.56. The summed E-state index contributed by atoms with van der Waals surface area (Å²) in [6.45, 7) is 0. The Balaban J connectivity index is 2.90. The first-order valence-corrected chi connectivity index (χ1v) is 7.68. The molecule has 0 unspecified atom stereocenters. The molecule has 76 valence electrons. The largest absolute Gasteiger partial charge is 0.495 e. The van der Waals surface area contributed by atoms with Gasteiger partial charge in [0.05, 0.1) is 23.4 Å². The Morgan fingerprint density at radius 1 is 1.71 bits per heavy atom. The number of nitrogens with zero attached hydrogens (tertiary/aromatic N) is 2. The monoisotopic (exact) mass is 387 g/mol. The van der Waals surface area contributed by atoms with Gasteiger partial charge in [-0.25, -0.2) is 4.83 Å². The lowest BCUT2D eigenvalue weighted by Crippen LogP contribution is -1.96. The van der Waals surface area contributed by atoms with Crippen LogP contribution in [0.4, 0.5) is 0 Å². The summed E-state index contributed by atoms with van der Waals surface area (Å²) in [5.41, 5.74) is 0.819. The summed E-state index contributed by atoms with van der Waals surface area (Å²) in [5.74, 6) is 0.726. The van der Waals surface area contributed by atoms with Crippen molar-refractivity contribution in [2.75, 3.05) is 7.11 Å². The van der Waals surface area contributed by atoms with E-state index < -0.39 is 0 Å². The fraction of sp³-hybridized carbons (Fsp3) is 0.143. The molecule has 0 amide bonds. The van der Waals surface area contributed by atoms with E-state index in [1.165, 1.54) is 9.12 Å². The molecule has 1 aromatic heterocycles. The van der Waals surface area contributed by atoms with Gasteiger partial charge < -0.3 is 4.74 Å². The summed E-state index contributed by atoms with van der Waals surface area (Å²) < 4.78 is 6.00. The Morgan fingerprint density at radius 3 is 3.14 bits per heavy atom. The highest BCUT2D eigenvalue weighted by molar-refractivity contribution is 14.2. The molecule has 7 heteroatoms. The topological polar surface area (TPSA) is 46.5 Å². The van der Waals surface area contributed by atoms with Crippen LogP contribution in [-0.4, -0.2) is 18.3 Å². The number of hydrogen-bond acceptors (Lipinski definition) is 5. The fourth-order valence-corrected chi connectivity index (χ4v) is 1.80. The summed E-state index contributed by atoms with van der Waals surface area (Å²) >= 11 is 5.43. The van der Waals surface area contributed by atoms with Crippen molar-refractivity contribution in [1.29, 1.82) is 0 Å². The molecule has 0 bridgehead atoms. The van der Waals surface area contributed by atoms with Gasteiger partial charge >= 0.3 is 0 Å². The SMILES string of the molecule is COc1c(Br)cncc1/C=N/NSI. The van der Waals surface area contributed by atoms with Crippen molar-refractivity contribution >= 4 is 52.5 Å². The zero-order valence-corrected chi connectivity index (χ0v) is 11.8. The van der Waals surface area contributed by atoms with Gasteiger partial charge in [0.25, 0.3) is 0 Å². The van der Waals surface area contributed by atoms with E-state index in [-0.39, 0.29) is 0 Å². The minimum atomic E-state index is 0.726. The first-order valence-electron chi connectivity index (χ1n) is 3.52. The molecule has 1 aromatic rings. The van der Waals surface area contributed by atoms with E-state index in [1.54, 1.807) is 25.7 Å². The molecular formula is C7H7BrIN3OS. The van der Waals surface area contributed by atoms with Crippen LogP contribution in [0.25, 0.3) is 0 Å². The maximum absolute atomic E-state index is 5.19. The van der Waals surface area contributed by atoms with Crippen LogP contribution in [0.5, 0.6) is 5.75 Å². The van der Waals surface area contributed by atoms with Crippen LogP contribution >= 0.6 is 46.3 Å². The number of nitrogens with one attached hydrogen (secondary N) is 1. The maximum Gasteiger partial charge on any atom is 0.144 e. The second-order valence-corrected chi connectivity index (χ2v) is 4.68. The maximum atomic E-state index is 5.19. The van der Waals surface area contributed by atoms with E-state index in [9.17, 15) is 0 Å². The highest BCUT2D eigenvalue weighted by Gasteiger charge is 2.04. The van der Waals surface area contributed by atoms with Gasteiger partial charge in [0.15, 0.2) is 0 Å². The molecule has 1 heterocycles. The minimum Gasteiger partial charge on any atom is -0.495 e. The Morgan fingerprint density at radius 2 is 2.50 bits per heavy atom. The van der Waals surface area contributed by atoms with Crippen molar-refractivity contribution in [2.24, 2.45) is 5.10 Å². The van der Waals surface area contributed by atoms with Crippen molar-refractivity contribution in [2.45, 2.75) is 0 Å². The number of rotatable bonds is 4. The van der Waals surface area contributed by atoms with Crippen LogP contribution in [-0.2, 0) is 0 Å². The molecule has 0 saturated heterocycles. The predicted molar refractivity (Wildman–Crippen MR) is 70.8 cm³/mol. The van der Waals surface area contributed by atoms with Gasteiger partial charge in [-0.1, -0.05) is 0 Å². The lowest BCUT2D eigenvalue weighted by atomic mass is 10.3. The van der Waals surface area contributed by atoms with Crippen molar-refractivity contribution in [1.82, 2.24) is 9.82 Å². The third-order valence-corrected chi connectivity index (χ3v) is 2.71. The molecule has 14 heavy (non-hydrogen) atoms. The van der Waals surface area contributed by atoms with E-state index in [2.05, 4.69) is 52.1 Å². The minimum absolute atomic E-state index is 0.726. The molecule has 1 N–H and O–H groups in total. The van der Waals surface area contributed by atoms with E-state index >= 15 is 0 Å². The lowest BCUT2D eigenvalue weighted by Gasteiger charge is -2.05. The van der Waals surface area contributed by atoms with Gasteiger partial charge in [-0.3, -0.25) is 4.98 Å². The number of hydrazone groups is 1. The van der Waals surface area contributed by atoms with E-state index in [0.717, 1.165) is 15.8 Å². The van der Waals surface area contributed by atoms with Crippen LogP contribution < -0.4 is 9.57 Å². The van der Waals surface area contributed by atoms with Crippen molar-refractivity contribution in [3.05, 3.63) is 22.4 Å². The van der Waals surface area contributed by atoms with Gasteiger partial charge in [0.1, 0.15) is 5.75 Å². The standard InChI is InChI=1S/C7H7BrIN3OS/c1-13-7-5(3-11-12-14-9)2-10-4-6(7)8/h2-4,12H,1H3/b11-3+. The average molecular weight is 388 g/mol. The van der Waals surface area contributed by atoms with Gasteiger partial charge in [-0.2, -0.15) is 5.10 Å². The molecule has 0 aromatic carbocycles. The summed E-state index contributed by atoms with van der Waals surface area (Å²) in [6.07, 6.45) is 5.02. The first kappa shape index (κ1) is 12.1. The molecule has 0 atom stereocenters. The molecule has 0 aliphatic rings. The highest BCUT2D eigenvalue weighted by atomic mass is 127. The van der Waals surface area contributed by atoms with Gasteiger partial charge in [-0.15, -0.1) is 0 Å². The summed E-state index contributed by atoms with van der Waals surface area (Å²) in [6, 6.07) is 0. The molecule has 0 fully saturated rings. The van der Waals surface area contributed by atoms with Crippen molar-refractivity contribution in [3.63, 3.8) is 0 Å². The molecular weight excluding hydrogens is 381 g/mol. The van der Waals surface area contributed by atoms with Crippen molar-refractivity contribution < 1.29 is 4.74 Å². The quantitative estimate of drug-likeness (QED) is 0.373. The Hall–Kier alpha value is -0.0200. The second kappa shape index (κ2) is 6.46. The number of aromatic nitrogens is 1. The van der Waals surface area contributed by atoms with Crippen LogP contribution in [0.15, 0.2) is 22.0 Å². The summed E-state index contributed by atoms with van der Waals surface area (Å²) in [5, 5.41) is 3.95. The van der Waals surface area contributed by atoms with Crippen molar-refractivity contribution in [3.8, 4) is 5.75 Å². The third kappa shape index (κ3) is 3.28. The van der Waals surface area contributed by atoms with Gasteiger partial charge in [0.2, 0.25) is 0 Å². The number of pyridine rings is 1. The van der Waals surface area contributed by atoms with Gasteiger partial charge in [-0.05, 0) is 15.9 Å². The predicted octanol–water partition coefficient (Wildman–Crippen LogP) is 2.77. The molecule has 0 aliphatic carbocycles. The lowest BCUT2D eigenvalue weighted by molar-refractivity contribution is 0.411. The van der Waals surface area contributed by atoms with Crippen LogP contribution in [0.3, 0.4) is 0 Å². The number of methoxy groups -OCH3 is 1. The average Bonchev–Trinajstić information content (AvgIpc) is 2.18. The molecule has 0 saturated carbocycles. The first-order chi connectivity index (χ1) is 6.79. The Bertz CT molecular complexity index is 337. The second-order valence-electron chi connectivity index (χ2n) is 2.17. The zero-order chi connectivity index (χ0) is 10.4. The normalized spacial score (nSPS) is 10.5. The highest BCUT2D eigenvalue weighted by Crippen LogP contribution is 2.26. The van der Waals surface area contributed by atoms with E-state index in [0.29, 0.717) is 0 Å². The molecule has 0 aliphatic heterocycles. The molecule has 4 nitrogen and oxygen atoms in total. The number of halogens is 2. The number of ether oxygens (including phenoxy) is 1. The molecule has 1 rings (SSSR count). The molecule has 0 radical (unpaired) electrons. The smallest absolute Gasteiger partial charge is 0.144 e. The van der Waals surface area contributed by atoms with Crippen LogP contribution in [0, 0.1) is 0 Å². The van der Waals surface area contributed by atoms with Gasteiger partial charge in [0, 0.05) is 42.7 Å². The fourth-order valence-electron chi connectivity index (χ4n) is 0.861. The number of hydrogen-bond donors (Lipinski definition) is 1. The molecule has 0 spiro atoms. The van der Waals surface area contributed by atoms with Crippen LogP contribution in [0.1, 0.15) is 5.56 Å². The summed E-state index contributed by atoms with van der Waals surface area (Å²) in [4.78, 5) is 6.76. The van der Waals surface area contributed by atoms with E-state index in [1.807, 2.05) is 0 Å². The van der Waals surface area contributed by atoms with Crippen LogP contribution in [0.2, 0.25) is 0 Å².